The van der Waals surface area contributed by atoms with Crippen LogP contribution in [0.5, 0.6) is 0 Å². The van der Waals surface area contributed by atoms with Crippen LogP contribution in [-0.2, 0) is 0 Å². The fourth-order valence-electron chi connectivity index (χ4n) is 3.25. The summed E-state index contributed by atoms with van der Waals surface area (Å²) in [7, 11) is 2.27. The van der Waals surface area contributed by atoms with Crippen LogP contribution in [0.2, 0.25) is 0 Å². The number of halogens is 2. The van der Waals surface area contributed by atoms with Crippen LogP contribution in [0.25, 0.3) is 0 Å². The van der Waals surface area contributed by atoms with Crippen molar-refractivity contribution >= 4 is 31.9 Å². The Balaban J connectivity index is 2.25. The molecule has 1 aromatic carbocycles. The maximum atomic E-state index is 3.65. The van der Waals surface area contributed by atoms with E-state index in [1.54, 1.807) is 0 Å². The number of rotatable bonds is 4. The van der Waals surface area contributed by atoms with Crippen molar-refractivity contribution in [1.29, 1.82) is 0 Å². The molecule has 0 aliphatic carbocycles. The zero-order valence-corrected chi connectivity index (χ0v) is 16.4. The lowest BCUT2D eigenvalue weighted by molar-refractivity contribution is 0.187. The molecule has 0 spiro atoms. The summed E-state index contributed by atoms with van der Waals surface area (Å²) in [6.45, 7) is 6.74. The molecule has 118 valence electrons. The van der Waals surface area contributed by atoms with Crippen LogP contribution in [-0.4, -0.2) is 31.1 Å². The third-order valence-corrected chi connectivity index (χ3v) is 6.21. The molecule has 21 heavy (non-hydrogen) atoms. The zero-order valence-electron chi connectivity index (χ0n) is 13.2. The average molecular weight is 418 g/mol. The highest BCUT2D eigenvalue weighted by Crippen LogP contribution is 2.36. The molecule has 1 aromatic rings. The van der Waals surface area contributed by atoms with Gasteiger partial charge < -0.3 is 5.32 Å². The molecule has 2 nitrogen and oxygen atoms in total. The van der Waals surface area contributed by atoms with Crippen LogP contribution >= 0.6 is 31.9 Å². The number of likely N-dealkylation sites (tertiary alicyclic amines) is 1. The molecular formula is C17H26Br2N2. The van der Waals surface area contributed by atoms with E-state index in [1.807, 2.05) is 0 Å². The Bertz CT molecular complexity index is 462. The van der Waals surface area contributed by atoms with E-state index in [-0.39, 0.29) is 0 Å². The van der Waals surface area contributed by atoms with Gasteiger partial charge in [-0.25, -0.2) is 0 Å². The largest absolute Gasteiger partial charge is 0.314 e. The van der Waals surface area contributed by atoms with Crippen LogP contribution in [0, 0.1) is 5.92 Å². The molecule has 2 rings (SSSR count). The topological polar surface area (TPSA) is 15.3 Å². The highest BCUT2D eigenvalue weighted by atomic mass is 79.9. The van der Waals surface area contributed by atoms with Crippen LogP contribution in [0.4, 0.5) is 0 Å². The molecule has 1 heterocycles. The van der Waals surface area contributed by atoms with Gasteiger partial charge in [-0.3, -0.25) is 4.90 Å². The minimum Gasteiger partial charge on any atom is -0.314 e. The van der Waals surface area contributed by atoms with Crippen molar-refractivity contribution in [2.24, 2.45) is 5.92 Å². The predicted molar refractivity (Wildman–Crippen MR) is 97.7 cm³/mol. The van der Waals surface area contributed by atoms with Gasteiger partial charge in [-0.05, 0) is 81.9 Å². The van der Waals surface area contributed by atoms with Gasteiger partial charge in [0.15, 0.2) is 0 Å². The molecule has 0 amide bonds. The molecule has 1 fully saturated rings. The second-order valence-electron chi connectivity index (χ2n) is 6.42. The van der Waals surface area contributed by atoms with Crippen molar-refractivity contribution in [3.63, 3.8) is 0 Å². The quantitative estimate of drug-likeness (QED) is 0.742. The first-order valence-corrected chi connectivity index (χ1v) is 9.46. The van der Waals surface area contributed by atoms with Crippen molar-refractivity contribution in [3.05, 3.63) is 32.7 Å². The monoisotopic (exact) mass is 416 g/mol. The summed E-state index contributed by atoms with van der Waals surface area (Å²) < 4.78 is 2.27. The summed E-state index contributed by atoms with van der Waals surface area (Å²) in [5.41, 5.74) is 1.42. The van der Waals surface area contributed by atoms with E-state index in [2.05, 4.69) is 81.2 Å². The molecule has 0 saturated carbocycles. The van der Waals surface area contributed by atoms with E-state index in [0.717, 1.165) is 15.5 Å². The van der Waals surface area contributed by atoms with Gasteiger partial charge in [-0.15, -0.1) is 0 Å². The Morgan fingerprint density at radius 1 is 1.24 bits per heavy atom. The van der Waals surface area contributed by atoms with Gasteiger partial charge in [0.1, 0.15) is 0 Å². The van der Waals surface area contributed by atoms with Gasteiger partial charge in [0, 0.05) is 27.6 Å². The summed E-state index contributed by atoms with van der Waals surface area (Å²) >= 11 is 7.23. The Morgan fingerprint density at radius 2 is 2.00 bits per heavy atom. The Morgan fingerprint density at radius 3 is 2.67 bits per heavy atom. The minimum atomic E-state index is 0.503. The van der Waals surface area contributed by atoms with Gasteiger partial charge in [0.25, 0.3) is 0 Å². The van der Waals surface area contributed by atoms with Crippen molar-refractivity contribution in [1.82, 2.24) is 10.2 Å². The summed E-state index contributed by atoms with van der Waals surface area (Å²) in [6, 6.07) is 7.76. The fourth-order valence-corrected chi connectivity index (χ4v) is 3.89. The van der Waals surface area contributed by atoms with Crippen LogP contribution in [0.15, 0.2) is 27.1 Å². The molecule has 0 radical (unpaired) electrons. The van der Waals surface area contributed by atoms with Crippen LogP contribution < -0.4 is 5.32 Å². The van der Waals surface area contributed by atoms with Gasteiger partial charge in [0.05, 0.1) is 0 Å². The minimum absolute atomic E-state index is 0.503. The lowest BCUT2D eigenvalue weighted by atomic mass is 9.89. The molecule has 1 saturated heterocycles. The first-order chi connectivity index (χ1) is 9.99. The van der Waals surface area contributed by atoms with Crippen molar-refractivity contribution < 1.29 is 0 Å². The number of hydrogen-bond donors (Lipinski definition) is 1. The summed E-state index contributed by atoms with van der Waals surface area (Å²) in [6.07, 6.45) is 3.95. The third-order valence-electron chi connectivity index (χ3n) is 4.33. The molecule has 4 heteroatoms. The first kappa shape index (κ1) is 17.5. The van der Waals surface area contributed by atoms with Gasteiger partial charge >= 0.3 is 0 Å². The molecule has 1 aliphatic heterocycles. The number of benzene rings is 1. The van der Waals surface area contributed by atoms with E-state index < -0.39 is 0 Å². The Hall–Kier alpha value is 0.1000. The summed E-state index contributed by atoms with van der Waals surface area (Å²) in [5.74, 6) is 0.674. The molecular weight excluding hydrogens is 392 g/mol. The molecule has 2 unspecified atom stereocenters. The molecule has 2 atom stereocenters. The summed E-state index contributed by atoms with van der Waals surface area (Å²) in [4.78, 5) is 2.54. The van der Waals surface area contributed by atoms with Crippen LogP contribution in [0.3, 0.4) is 0 Å². The third kappa shape index (κ3) is 4.78. The van der Waals surface area contributed by atoms with Gasteiger partial charge in [0.2, 0.25) is 0 Å². The Kier molecular flexibility index (Phi) is 6.73. The van der Waals surface area contributed by atoms with E-state index in [4.69, 9.17) is 0 Å². The van der Waals surface area contributed by atoms with E-state index in [1.165, 1.54) is 31.4 Å². The highest BCUT2D eigenvalue weighted by Gasteiger charge is 2.29. The molecule has 1 aliphatic rings. The van der Waals surface area contributed by atoms with E-state index in [0.29, 0.717) is 18.0 Å². The second-order valence-corrected chi connectivity index (χ2v) is 8.13. The SMILES string of the molecule is CC(C)NCC1CCCCN(C)C1c1ccc(Br)c(Br)c1. The number of nitrogens with one attached hydrogen (secondary N) is 1. The Labute approximate surface area is 145 Å². The van der Waals surface area contributed by atoms with Crippen molar-refractivity contribution in [2.75, 3.05) is 20.1 Å². The normalized spacial score (nSPS) is 24.3. The van der Waals surface area contributed by atoms with Crippen molar-refractivity contribution in [2.45, 2.75) is 45.2 Å². The number of nitrogens with zero attached hydrogens (tertiary/aromatic N) is 1. The molecule has 1 N–H and O–H groups in total. The lowest BCUT2D eigenvalue weighted by Crippen LogP contribution is -2.37. The average Bonchev–Trinajstić information content (AvgIpc) is 2.61. The van der Waals surface area contributed by atoms with E-state index >= 15 is 0 Å². The van der Waals surface area contributed by atoms with Crippen LogP contribution in [0.1, 0.15) is 44.7 Å². The smallest absolute Gasteiger partial charge is 0.0385 e. The van der Waals surface area contributed by atoms with Crippen molar-refractivity contribution in [3.8, 4) is 0 Å². The molecule has 0 aromatic heterocycles. The highest BCUT2D eigenvalue weighted by molar-refractivity contribution is 9.13. The predicted octanol–water partition coefficient (Wildman–Crippen LogP) is 4.98. The summed E-state index contributed by atoms with van der Waals surface area (Å²) in [5, 5.41) is 3.64. The lowest BCUT2D eigenvalue weighted by Gasteiger charge is -2.33. The van der Waals surface area contributed by atoms with E-state index in [9.17, 15) is 0 Å². The van der Waals surface area contributed by atoms with Gasteiger partial charge in [-0.2, -0.15) is 0 Å². The second kappa shape index (κ2) is 8.09. The molecule has 0 bridgehead atoms. The van der Waals surface area contributed by atoms with Gasteiger partial charge in [-0.1, -0.05) is 26.3 Å². The first-order valence-electron chi connectivity index (χ1n) is 7.87. The maximum absolute atomic E-state index is 3.65. The zero-order chi connectivity index (χ0) is 15.4. The fraction of sp³-hybridized carbons (Fsp3) is 0.647. The maximum Gasteiger partial charge on any atom is 0.0385 e. The standard InChI is InChI=1S/C17H26Br2N2/c1-12(2)20-11-14-6-4-5-9-21(3)17(14)13-7-8-15(18)16(19)10-13/h7-8,10,12,14,17,20H,4-6,9,11H2,1-3H3. The number of hydrogen-bond acceptors (Lipinski definition) is 2.